The number of carbonyl (C=O) groups is 1. The largest absolute Gasteiger partial charge is 0.396 e. The van der Waals surface area contributed by atoms with E-state index < -0.39 is 0 Å². The Hall–Kier alpha value is -1.36. The van der Waals surface area contributed by atoms with Crippen LogP contribution in [0.4, 0.5) is 5.69 Å². The van der Waals surface area contributed by atoms with Crippen LogP contribution in [0, 0.1) is 6.92 Å². The van der Waals surface area contributed by atoms with E-state index in [0.29, 0.717) is 17.8 Å². The second-order valence-corrected chi connectivity index (χ2v) is 3.38. The predicted octanol–water partition coefficient (Wildman–Crippen LogP) is 0.412. The molecule has 0 aliphatic heterocycles. The zero-order valence-corrected chi connectivity index (χ0v) is 8.74. The van der Waals surface area contributed by atoms with Crippen LogP contribution in [0.25, 0.3) is 0 Å². The molecule has 14 heavy (non-hydrogen) atoms. The van der Waals surface area contributed by atoms with Crippen LogP contribution in [0.1, 0.15) is 23.8 Å². The van der Waals surface area contributed by atoms with Gasteiger partial charge in [-0.2, -0.15) is 5.10 Å². The average molecular weight is 196 g/mol. The quantitative estimate of drug-likeness (QED) is 0.734. The minimum absolute atomic E-state index is 0.0407. The summed E-state index contributed by atoms with van der Waals surface area (Å²) in [5.74, 6) is -0.0407. The number of aromatic nitrogens is 2. The third-order valence-electron chi connectivity index (χ3n) is 2.26. The van der Waals surface area contributed by atoms with Gasteiger partial charge in [-0.05, 0) is 20.9 Å². The predicted molar refractivity (Wildman–Crippen MR) is 55.1 cm³/mol. The molecule has 0 saturated carbocycles. The van der Waals surface area contributed by atoms with Gasteiger partial charge in [0.2, 0.25) is 5.91 Å². The minimum Gasteiger partial charge on any atom is -0.396 e. The van der Waals surface area contributed by atoms with Crippen molar-refractivity contribution in [2.45, 2.75) is 26.3 Å². The number of nitrogen functional groups attached to an aromatic ring is 1. The Morgan fingerprint density at radius 2 is 2.43 bits per heavy atom. The first-order valence-electron chi connectivity index (χ1n) is 4.56. The highest BCUT2D eigenvalue weighted by molar-refractivity contribution is 5.80. The second kappa shape index (κ2) is 4.23. The van der Waals surface area contributed by atoms with Gasteiger partial charge in [0, 0.05) is 12.5 Å². The Kier molecular flexibility index (Phi) is 3.24. The Bertz CT molecular complexity index is 332. The molecule has 0 fully saturated rings. The molecule has 5 heteroatoms. The Morgan fingerprint density at radius 1 is 1.79 bits per heavy atom. The van der Waals surface area contributed by atoms with Crippen molar-refractivity contribution >= 4 is 11.6 Å². The SMILES string of the molecule is CNC(C)CC(=O)n1ncc(N)c1C. The van der Waals surface area contributed by atoms with E-state index in [-0.39, 0.29) is 11.9 Å². The first-order valence-corrected chi connectivity index (χ1v) is 4.56. The number of hydrogen-bond acceptors (Lipinski definition) is 4. The molecule has 0 amide bonds. The molecule has 78 valence electrons. The fraction of sp³-hybridized carbons (Fsp3) is 0.556. The molecule has 1 unspecified atom stereocenters. The van der Waals surface area contributed by atoms with Crippen molar-refractivity contribution in [1.82, 2.24) is 15.1 Å². The molecule has 0 aliphatic carbocycles. The summed E-state index contributed by atoms with van der Waals surface area (Å²) in [7, 11) is 1.82. The maximum atomic E-state index is 11.7. The third kappa shape index (κ3) is 2.11. The molecule has 0 aliphatic rings. The fourth-order valence-electron chi connectivity index (χ4n) is 1.12. The van der Waals surface area contributed by atoms with E-state index in [4.69, 9.17) is 5.73 Å². The topological polar surface area (TPSA) is 72.9 Å². The summed E-state index contributed by atoms with van der Waals surface area (Å²) in [6.45, 7) is 3.73. The summed E-state index contributed by atoms with van der Waals surface area (Å²) >= 11 is 0. The Labute approximate surface area is 83.3 Å². The normalized spacial score (nSPS) is 12.8. The molecule has 0 bridgehead atoms. The number of anilines is 1. The van der Waals surface area contributed by atoms with Gasteiger partial charge in [-0.3, -0.25) is 4.79 Å². The maximum Gasteiger partial charge on any atom is 0.248 e. The van der Waals surface area contributed by atoms with E-state index >= 15 is 0 Å². The van der Waals surface area contributed by atoms with Crippen LogP contribution in [0.15, 0.2) is 6.20 Å². The smallest absolute Gasteiger partial charge is 0.248 e. The first kappa shape index (κ1) is 10.7. The zero-order chi connectivity index (χ0) is 10.7. The van der Waals surface area contributed by atoms with E-state index in [1.165, 1.54) is 10.9 Å². The van der Waals surface area contributed by atoms with E-state index in [1.807, 2.05) is 14.0 Å². The average Bonchev–Trinajstić information content (AvgIpc) is 2.47. The van der Waals surface area contributed by atoms with Gasteiger partial charge in [0.25, 0.3) is 0 Å². The molecule has 0 saturated heterocycles. The van der Waals surface area contributed by atoms with Crippen molar-refractivity contribution in [1.29, 1.82) is 0 Å². The molecule has 3 N–H and O–H groups in total. The number of nitrogens with one attached hydrogen (secondary N) is 1. The molecule has 5 nitrogen and oxygen atoms in total. The number of nitrogens with zero attached hydrogens (tertiary/aromatic N) is 2. The standard InChI is InChI=1S/C9H16N4O/c1-6(11-3)4-9(14)13-7(2)8(10)5-12-13/h5-6,11H,4,10H2,1-3H3. The van der Waals surface area contributed by atoms with E-state index in [1.54, 1.807) is 6.92 Å². The molecule has 0 spiro atoms. The van der Waals surface area contributed by atoms with E-state index in [2.05, 4.69) is 10.4 Å². The van der Waals surface area contributed by atoms with Crippen LogP contribution in [-0.2, 0) is 0 Å². The lowest BCUT2D eigenvalue weighted by molar-refractivity contribution is 0.0873. The van der Waals surface area contributed by atoms with Crippen LogP contribution in [0.5, 0.6) is 0 Å². The van der Waals surface area contributed by atoms with Crippen LogP contribution in [0.3, 0.4) is 0 Å². The summed E-state index contributed by atoms with van der Waals surface area (Å²) in [5.41, 5.74) is 6.85. The fourth-order valence-corrected chi connectivity index (χ4v) is 1.12. The first-order chi connectivity index (χ1) is 6.56. The lowest BCUT2D eigenvalue weighted by atomic mass is 10.2. The highest BCUT2D eigenvalue weighted by atomic mass is 16.2. The van der Waals surface area contributed by atoms with Crippen LogP contribution >= 0.6 is 0 Å². The summed E-state index contributed by atoms with van der Waals surface area (Å²) < 4.78 is 1.35. The van der Waals surface area contributed by atoms with Crippen molar-refractivity contribution in [3.05, 3.63) is 11.9 Å². The highest BCUT2D eigenvalue weighted by Crippen LogP contribution is 2.09. The molecular formula is C9H16N4O. The van der Waals surface area contributed by atoms with Gasteiger partial charge in [-0.1, -0.05) is 0 Å². The maximum absolute atomic E-state index is 11.7. The molecule has 1 rings (SSSR count). The molecular weight excluding hydrogens is 180 g/mol. The van der Waals surface area contributed by atoms with Crippen molar-refractivity contribution in [2.75, 3.05) is 12.8 Å². The monoisotopic (exact) mass is 196 g/mol. The van der Waals surface area contributed by atoms with Crippen molar-refractivity contribution in [2.24, 2.45) is 0 Å². The van der Waals surface area contributed by atoms with Crippen molar-refractivity contribution in [3.63, 3.8) is 0 Å². The van der Waals surface area contributed by atoms with Gasteiger partial charge in [0.15, 0.2) is 0 Å². The van der Waals surface area contributed by atoms with Crippen LogP contribution < -0.4 is 11.1 Å². The van der Waals surface area contributed by atoms with Gasteiger partial charge < -0.3 is 11.1 Å². The van der Waals surface area contributed by atoms with Gasteiger partial charge in [-0.25, -0.2) is 4.68 Å². The molecule has 1 atom stereocenters. The Balaban J connectivity index is 2.75. The van der Waals surface area contributed by atoms with Gasteiger partial charge in [0.05, 0.1) is 17.6 Å². The van der Waals surface area contributed by atoms with Gasteiger partial charge in [-0.15, -0.1) is 0 Å². The summed E-state index contributed by atoms with van der Waals surface area (Å²) in [4.78, 5) is 11.7. The number of nitrogens with two attached hydrogens (primary N) is 1. The van der Waals surface area contributed by atoms with E-state index in [9.17, 15) is 4.79 Å². The minimum atomic E-state index is -0.0407. The molecule has 0 radical (unpaired) electrons. The lowest BCUT2D eigenvalue weighted by Crippen LogP contribution is -2.27. The molecule has 1 heterocycles. The van der Waals surface area contributed by atoms with Crippen LogP contribution in [-0.4, -0.2) is 28.8 Å². The van der Waals surface area contributed by atoms with Crippen molar-refractivity contribution < 1.29 is 4.79 Å². The lowest BCUT2D eigenvalue weighted by Gasteiger charge is -2.09. The van der Waals surface area contributed by atoms with Gasteiger partial charge in [0.1, 0.15) is 0 Å². The van der Waals surface area contributed by atoms with E-state index in [0.717, 1.165) is 0 Å². The number of carbonyl (C=O) groups excluding carboxylic acids is 1. The summed E-state index contributed by atoms with van der Waals surface area (Å²) in [5, 5.41) is 6.92. The molecule has 1 aromatic heterocycles. The van der Waals surface area contributed by atoms with Gasteiger partial charge >= 0.3 is 0 Å². The third-order valence-corrected chi connectivity index (χ3v) is 2.26. The summed E-state index contributed by atoms with van der Waals surface area (Å²) in [6.07, 6.45) is 1.91. The zero-order valence-electron chi connectivity index (χ0n) is 8.74. The second-order valence-electron chi connectivity index (χ2n) is 3.38. The summed E-state index contributed by atoms with van der Waals surface area (Å²) in [6, 6.07) is 0.146. The van der Waals surface area contributed by atoms with Crippen molar-refractivity contribution in [3.8, 4) is 0 Å². The van der Waals surface area contributed by atoms with Crippen LogP contribution in [0.2, 0.25) is 0 Å². The molecule has 1 aromatic rings. The Morgan fingerprint density at radius 3 is 2.86 bits per heavy atom. The molecule has 0 aromatic carbocycles. The number of rotatable bonds is 3. The number of hydrogen-bond donors (Lipinski definition) is 2. The highest BCUT2D eigenvalue weighted by Gasteiger charge is 2.13.